The Hall–Kier alpha value is -2.04. The third-order valence-electron chi connectivity index (χ3n) is 4.74. The number of nitrogens with zero attached hydrogens (tertiary/aromatic N) is 3. The Balaban J connectivity index is 1.66. The average molecular weight is 314 g/mol. The van der Waals surface area contributed by atoms with Gasteiger partial charge in [-0.1, -0.05) is 24.3 Å². The molecule has 3 rings (SSSR count). The van der Waals surface area contributed by atoms with Crippen molar-refractivity contribution in [3.05, 3.63) is 35.4 Å². The fourth-order valence-corrected chi connectivity index (χ4v) is 3.33. The van der Waals surface area contributed by atoms with Crippen molar-refractivity contribution in [3.63, 3.8) is 0 Å². The Kier molecular flexibility index (Phi) is 5.16. The first kappa shape index (κ1) is 15.8. The van der Waals surface area contributed by atoms with Crippen LogP contribution in [-0.4, -0.2) is 41.3 Å². The molecule has 0 aromatic heterocycles. The van der Waals surface area contributed by atoms with Crippen LogP contribution in [0.15, 0.2) is 29.3 Å². The summed E-state index contributed by atoms with van der Waals surface area (Å²) in [4.78, 5) is 20.5. The number of guanidine groups is 1. The Labute approximate surface area is 138 Å². The lowest BCUT2D eigenvalue weighted by Crippen LogP contribution is -2.40. The number of benzene rings is 1. The summed E-state index contributed by atoms with van der Waals surface area (Å²) < 4.78 is 0. The third-order valence-corrected chi connectivity index (χ3v) is 4.74. The van der Waals surface area contributed by atoms with Crippen molar-refractivity contribution in [3.8, 4) is 0 Å². The zero-order valence-electron chi connectivity index (χ0n) is 13.7. The van der Waals surface area contributed by atoms with E-state index in [2.05, 4.69) is 22.0 Å². The maximum Gasteiger partial charge on any atom is 0.222 e. The van der Waals surface area contributed by atoms with E-state index < -0.39 is 0 Å². The monoisotopic (exact) mass is 314 g/mol. The Morgan fingerprint density at radius 1 is 1.04 bits per heavy atom. The second-order valence-electron chi connectivity index (χ2n) is 6.41. The first-order valence-corrected chi connectivity index (χ1v) is 8.63. The number of carbonyl (C=O) groups is 1. The van der Waals surface area contributed by atoms with E-state index in [1.165, 1.54) is 24.8 Å². The molecule has 0 saturated carbocycles. The molecule has 0 spiro atoms. The van der Waals surface area contributed by atoms with Crippen LogP contribution in [0.3, 0.4) is 0 Å². The lowest BCUT2D eigenvalue weighted by atomic mass is 10.1. The van der Waals surface area contributed by atoms with E-state index in [0.29, 0.717) is 25.5 Å². The predicted molar refractivity (Wildman–Crippen MR) is 91.8 cm³/mol. The van der Waals surface area contributed by atoms with Gasteiger partial charge in [0.15, 0.2) is 5.96 Å². The van der Waals surface area contributed by atoms with Crippen LogP contribution in [0, 0.1) is 0 Å². The Morgan fingerprint density at radius 3 is 2.48 bits per heavy atom. The molecule has 1 amide bonds. The highest BCUT2D eigenvalue weighted by Gasteiger charge is 2.20. The van der Waals surface area contributed by atoms with Gasteiger partial charge in [0.05, 0.1) is 6.54 Å². The number of likely N-dealkylation sites (tertiary alicyclic amines) is 2. The van der Waals surface area contributed by atoms with Gasteiger partial charge in [-0.2, -0.15) is 0 Å². The van der Waals surface area contributed by atoms with Crippen LogP contribution in [0.25, 0.3) is 0 Å². The summed E-state index contributed by atoms with van der Waals surface area (Å²) in [6.07, 6.45) is 5.34. The van der Waals surface area contributed by atoms with Crippen molar-refractivity contribution < 1.29 is 4.79 Å². The molecule has 2 aliphatic heterocycles. The number of hydrogen-bond acceptors (Lipinski definition) is 2. The molecule has 0 unspecified atom stereocenters. The van der Waals surface area contributed by atoms with E-state index in [1.54, 1.807) is 0 Å². The molecule has 1 aromatic rings. The molecule has 0 aliphatic carbocycles. The third kappa shape index (κ3) is 4.03. The topological polar surface area (TPSA) is 61.9 Å². The summed E-state index contributed by atoms with van der Waals surface area (Å²) in [6, 6.07) is 8.23. The highest BCUT2D eigenvalue weighted by Crippen LogP contribution is 2.18. The van der Waals surface area contributed by atoms with Gasteiger partial charge in [-0.3, -0.25) is 4.79 Å². The van der Waals surface area contributed by atoms with Gasteiger partial charge in [0.2, 0.25) is 5.91 Å². The van der Waals surface area contributed by atoms with Crippen LogP contribution in [-0.2, 0) is 17.9 Å². The molecule has 5 nitrogen and oxygen atoms in total. The second kappa shape index (κ2) is 7.49. The van der Waals surface area contributed by atoms with Gasteiger partial charge in [0, 0.05) is 32.6 Å². The van der Waals surface area contributed by atoms with Crippen LogP contribution in [0.2, 0.25) is 0 Å². The minimum atomic E-state index is 0.260. The van der Waals surface area contributed by atoms with E-state index in [9.17, 15) is 4.79 Å². The summed E-state index contributed by atoms with van der Waals surface area (Å²) in [7, 11) is 0. The number of aliphatic imine (C=N–C) groups is 1. The van der Waals surface area contributed by atoms with Crippen molar-refractivity contribution >= 4 is 11.9 Å². The first-order chi connectivity index (χ1) is 11.2. The summed E-state index contributed by atoms with van der Waals surface area (Å²) in [6.45, 7) is 4.17. The van der Waals surface area contributed by atoms with Gasteiger partial charge in [-0.05, 0) is 36.8 Å². The van der Waals surface area contributed by atoms with Gasteiger partial charge in [0.1, 0.15) is 0 Å². The first-order valence-electron chi connectivity index (χ1n) is 8.63. The fourth-order valence-electron chi connectivity index (χ4n) is 3.33. The zero-order valence-corrected chi connectivity index (χ0v) is 13.7. The Bertz CT molecular complexity index is 578. The van der Waals surface area contributed by atoms with Gasteiger partial charge in [0.25, 0.3) is 0 Å². The summed E-state index contributed by atoms with van der Waals surface area (Å²) >= 11 is 0. The maximum absolute atomic E-state index is 11.8. The molecular formula is C18H26N4O. The van der Waals surface area contributed by atoms with Crippen LogP contribution >= 0.6 is 0 Å². The van der Waals surface area contributed by atoms with Gasteiger partial charge in [-0.15, -0.1) is 0 Å². The number of rotatable bonds is 4. The predicted octanol–water partition coefficient (Wildman–Crippen LogP) is 2.11. The number of hydrogen-bond donors (Lipinski definition) is 1. The lowest BCUT2D eigenvalue weighted by Gasteiger charge is -2.27. The van der Waals surface area contributed by atoms with E-state index in [-0.39, 0.29) is 5.91 Å². The van der Waals surface area contributed by atoms with E-state index in [0.717, 1.165) is 31.6 Å². The number of amides is 1. The van der Waals surface area contributed by atoms with Crippen molar-refractivity contribution in [1.29, 1.82) is 0 Å². The van der Waals surface area contributed by atoms with E-state index in [4.69, 9.17) is 5.73 Å². The van der Waals surface area contributed by atoms with Crippen molar-refractivity contribution in [1.82, 2.24) is 9.80 Å². The van der Waals surface area contributed by atoms with Crippen molar-refractivity contribution in [2.45, 2.75) is 45.2 Å². The highest BCUT2D eigenvalue weighted by molar-refractivity contribution is 5.78. The summed E-state index contributed by atoms with van der Waals surface area (Å²) in [5, 5.41) is 0. The molecule has 124 valence electrons. The van der Waals surface area contributed by atoms with Crippen molar-refractivity contribution in [2.75, 3.05) is 19.6 Å². The molecule has 1 aromatic carbocycles. The minimum Gasteiger partial charge on any atom is -0.370 e. The minimum absolute atomic E-state index is 0.260. The molecular weight excluding hydrogens is 288 g/mol. The quantitative estimate of drug-likeness (QED) is 0.684. The molecule has 2 aliphatic rings. The van der Waals surface area contributed by atoms with Crippen LogP contribution in [0.1, 0.15) is 43.2 Å². The smallest absolute Gasteiger partial charge is 0.222 e. The summed E-state index contributed by atoms with van der Waals surface area (Å²) in [5.74, 6) is 0.910. The van der Waals surface area contributed by atoms with Crippen LogP contribution < -0.4 is 5.73 Å². The van der Waals surface area contributed by atoms with Gasteiger partial charge < -0.3 is 15.5 Å². The zero-order chi connectivity index (χ0) is 16.1. The molecule has 2 heterocycles. The average Bonchev–Trinajstić information content (AvgIpc) is 2.99. The summed E-state index contributed by atoms with van der Waals surface area (Å²) in [5.41, 5.74) is 8.48. The molecule has 0 bridgehead atoms. The van der Waals surface area contributed by atoms with E-state index >= 15 is 0 Å². The number of nitrogens with two attached hydrogens (primary N) is 1. The SMILES string of the molecule is NC(=NCc1ccccc1CN1CCCC1=O)N1CCCCC1. The standard InChI is InChI=1S/C18H26N4O/c19-18(21-10-4-1-5-11-21)20-13-15-7-2-3-8-16(15)14-22-12-6-9-17(22)23/h2-3,7-8H,1,4-6,9-14H2,(H2,19,20). The van der Waals surface area contributed by atoms with Gasteiger partial charge >= 0.3 is 0 Å². The molecule has 0 radical (unpaired) electrons. The molecule has 2 N–H and O–H groups in total. The van der Waals surface area contributed by atoms with Crippen LogP contribution in [0.5, 0.6) is 0 Å². The number of piperidine rings is 1. The van der Waals surface area contributed by atoms with Crippen molar-refractivity contribution in [2.24, 2.45) is 10.7 Å². The molecule has 2 saturated heterocycles. The Morgan fingerprint density at radius 2 is 1.78 bits per heavy atom. The molecule has 2 fully saturated rings. The molecule has 5 heteroatoms. The maximum atomic E-state index is 11.8. The second-order valence-corrected chi connectivity index (χ2v) is 6.41. The molecule has 0 atom stereocenters. The normalized spacial score (nSPS) is 19.5. The molecule has 23 heavy (non-hydrogen) atoms. The lowest BCUT2D eigenvalue weighted by molar-refractivity contribution is -0.128. The number of carbonyl (C=O) groups excluding carboxylic acids is 1. The fraction of sp³-hybridized carbons (Fsp3) is 0.556. The van der Waals surface area contributed by atoms with Gasteiger partial charge in [-0.25, -0.2) is 4.99 Å². The van der Waals surface area contributed by atoms with E-state index in [1.807, 2.05) is 17.0 Å². The largest absolute Gasteiger partial charge is 0.370 e. The van der Waals surface area contributed by atoms with Crippen LogP contribution in [0.4, 0.5) is 0 Å². The highest BCUT2D eigenvalue weighted by atomic mass is 16.2.